The van der Waals surface area contributed by atoms with Crippen LogP contribution in [0.3, 0.4) is 0 Å². The maximum absolute atomic E-state index is 5.86. The standard InChI is InChI=1S/C17H27ClN2O/c1-15(2)7-8-19-9-11-20(12-10-19)13-14-21-17-5-3-16(18)4-6-17/h3-6,15H,7-14H2,1-2H3. The lowest BCUT2D eigenvalue weighted by atomic mass is 10.1. The first-order valence-electron chi connectivity index (χ1n) is 7.96. The molecule has 0 N–H and O–H groups in total. The van der Waals surface area contributed by atoms with Crippen molar-refractivity contribution in [1.82, 2.24) is 9.80 Å². The van der Waals surface area contributed by atoms with Crippen molar-refractivity contribution in [3.05, 3.63) is 29.3 Å². The summed E-state index contributed by atoms with van der Waals surface area (Å²) >= 11 is 5.86. The number of benzene rings is 1. The number of nitrogens with zero attached hydrogens (tertiary/aromatic N) is 2. The minimum atomic E-state index is 0.744. The molecule has 0 unspecified atom stereocenters. The second kappa shape index (κ2) is 8.62. The zero-order chi connectivity index (χ0) is 15.1. The maximum atomic E-state index is 5.86. The molecule has 0 aliphatic carbocycles. The van der Waals surface area contributed by atoms with Crippen LogP contribution in [0.15, 0.2) is 24.3 Å². The fourth-order valence-corrected chi connectivity index (χ4v) is 2.63. The zero-order valence-corrected chi connectivity index (χ0v) is 14.0. The monoisotopic (exact) mass is 310 g/mol. The summed E-state index contributed by atoms with van der Waals surface area (Å²) in [5.41, 5.74) is 0. The number of halogens is 1. The quantitative estimate of drug-likeness (QED) is 0.768. The van der Waals surface area contributed by atoms with Gasteiger partial charge in [-0.2, -0.15) is 0 Å². The summed E-state index contributed by atoms with van der Waals surface area (Å²) in [5, 5.41) is 0.750. The van der Waals surface area contributed by atoms with Crippen LogP contribution in [-0.4, -0.2) is 55.7 Å². The van der Waals surface area contributed by atoms with Gasteiger partial charge < -0.3 is 9.64 Å². The molecule has 1 aliphatic rings. The Kier molecular flexibility index (Phi) is 6.81. The molecule has 0 radical (unpaired) electrons. The molecule has 0 spiro atoms. The number of hydrogen-bond donors (Lipinski definition) is 0. The summed E-state index contributed by atoms with van der Waals surface area (Å²) < 4.78 is 5.76. The van der Waals surface area contributed by atoms with Crippen molar-refractivity contribution in [2.24, 2.45) is 5.92 Å². The molecule has 0 bridgehead atoms. The molecule has 2 rings (SSSR count). The Balaban J connectivity index is 1.59. The van der Waals surface area contributed by atoms with E-state index < -0.39 is 0 Å². The van der Waals surface area contributed by atoms with Crippen molar-refractivity contribution in [1.29, 1.82) is 0 Å². The average molecular weight is 311 g/mol. The largest absolute Gasteiger partial charge is 0.492 e. The maximum Gasteiger partial charge on any atom is 0.119 e. The molecule has 1 aromatic carbocycles. The van der Waals surface area contributed by atoms with Crippen LogP contribution in [0.25, 0.3) is 0 Å². The molecule has 0 saturated carbocycles. The van der Waals surface area contributed by atoms with Gasteiger partial charge in [0.05, 0.1) is 0 Å². The molecule has 1 fully saturated rings. The highest BCUT2D eigenvalue weighted by molar-refractivity contribution is 6.30. The topological polar surface area (TPSA) is 15.7 Å². The highest BCUT2D eigenvalue weighted by atomic mass is 35.5. The fourth-order valence-electron chi connectivity index (χ4n) is 2.50. The Morgan fingerprint density at radius 2 is 1.57 bits per heavy atom. The van der Waals surface area contributed by atoms with E-state index in [1.54, 1.807) is 0 Å². The molecule has 1 saturated heterocycles. The zero-order valence-electron chi connectivity index (χ0n) is 13.2. The van der Waals surface area contributed by atoms with Gasteiger partial charge in [0.2, 0.25) is 0 Å². The van der Waals surface area contributed by atoms with Crippen LogP contribution in [0.1, 0.15) is 20.3 Å². The molecule has 0 atom stereocenters. The van der Waals surface area contributed by atoms with Crippen LogP contribution in [0.2, 0.25) is 5.02 Å². The molecule has 4 heteroatoms. The summed E-state index contributed by atoms with van der Waals surface area (Å²) in [6, 6.07) is 7.58. The van der Waals surface area contributed by atoms with Crippen LogP contribution in [-0.2, 0) is 0 Å². The number of ether oxygens (including phenoxy) is 1. The third kappa shape index (κ3) is 6.25. The number of hydrogen-bond acceptors (Lipinski definition) is 3. The summed E-state index contributed by atoms with van der Waals surface area (Å²) in [6.07, 6.45) is 1.31. The van der Waals surface area contributed by atoms with Gasteiger partial charge in [-0.15, -0.1) is 0 Å². The summed E-state index contributed by atoms with van der Waals surface area (Å²) in [4.78, 5) is 5.07. The van der Waals surface area contributed by atoms with E-state index in [1.807, 2.05) is 24.3 Å². The first kappa shape index (κ1) is 16.6. The first-order chi connectivity index (χ1) is 10.1. The lowest BCUT2D eigenvalue weighted by Gasteiger charge is -2.34. The Hall–Kier alpha value is -0.770. The Morgan fingerprint density at radius 1 is 1.00 bits per heavy atom. The van der Waals surface area contributed by atoms with Crippen molar-refractivity contribution in [3.8, 4) is 5.75 Å². The van der Waals surface area contributed by atoms with Gasteiger partial charge >= 0.3 is 0 Å². The predicted octanol–water partition coefficient (Wildman–Crippen LogP) is 3.38. The van der Waals surface area contributed by atoms with Gasteiger partial charge in [-0.05, 0) is 43.1 Å². The van der Waals surface area contributed by atoms with E-state index in [4.69, 9.17) is 16.3 Å². The molecular formula is C17H27ClN2O. The summed E-state index contributed by atoms with van der Waals surface area (Å²) in [6.45, 7) is 12.3. The van der Waals surface area contributed by atoms with E-state index in [0.717, 1.165) is 42.9 Å². The molecule has 21 heavy (non-hydrogen) atoms. The number of piperazine rings is 1. The van der Waals surface area contributed by atoms with Gasteiger partial charge in [0.1, 0.15) is 12.4 Å². The van der Waals surface area contributed by atoms with Crippen molar-refractivity contribution >= 4 is 11.6 Å². The molecule has 1 aliphatic heterocycles. The van der Waals surface area contributed by atoms with Gasteiger partial charge in [0.15, 0.2) is 0 Å². The third-order valence-corrected chi connectivity index (χ3v) is 4.23. The number of rotatable bonds is 7. The van der Waals surface area contributed by atoms with E-state index in [-0.39, 0.29) is 0 Å². The summed E-state index contributed by atoms with van der Waals surface area (Å²) in [5.74, 6) is 1.70. The normalized spacial score (nSPS) is 17.3. The molecule has 1 heterocycles. The predicted molar refractivity (Wildman–Crippen MR) is 89.3 cm³/mol. The van der Waals surface area contributed by atoms with Crippen molar-refractivity contribution in [3.63, 3.8) is 0 Å². The lowest BCUT2D eigenvalue weighted by molar-refractivity contribution is 0.113. The average Bonchev–Trinajstić information content (AvgIpc) is 2.48. The Bertz CT molecular complexity index is 400. The Labute approximate surface area is 133 Å². The van der Waals surface area contributed by atoms with Gasteiger partial charge in [-0.3, -0.25) is 4.90 Å². The molecule has 118 valence electrons. The van der Waals surface area contributed by atoms with Crippen molar-refractivity contribution < 1.29 is 4.74 Å². The highest BCUT2D eigenvalue weighted by Gasteiger charge is 2.16. The highest BCUT2D eigenvalue weighted by Crippen LogP contribution is 2.15. The van der Waals surface area contributed by atoms with Crippen LogP contribution in [0.5, 0.6) is 5.75 Å². The van der Waals surface area contributed by atoms with Gasteiger partial charge in [0, 0.05) is 37.7 Å². The molecule has 0 amide bonds. The van der Waals surface area contributed by atoms with E-state index in [1.165, 1.54) is 26.1 Å². The Morgan fingerprint density at radius 3 is 2.14 bits per heavy atom. The second-order valence-corrected chi connectivity index (χ2v) is 6.60. The molecular weight excluding hydrogens is 284 g/mol. The first-order valence-corrected chi connectivity index (χ1v) is 8.34. The smallest absolute Gasteiger partial charge is 0.119 e. The van der Waals surface area contributed by atoms with E-state index in [0.29, 0.717) is 0 Å². The van der Waals surface area contributed by atoms with Gasteiger partial charge in [0.25, 0.3) is 0 Å². The molecule has 3 nitrogen and oxygen atoms in total. The van der Waals surface area contributed by atoms with Crippen LogP contribution >= 0.6 is 11.6 Å². The minimum absolute atomic E-state index is 0.744. The van der Waals surface area contributed by atoms with E-state index in [2.05, 4.69) is 23.6 Å². The van der Waals surface area contributed by atoms with Crippen LogP contribution in [0.4, 0.5) is 0 Å². The van der Waals surface area contributed by atoms with Gasteiger partial charge in [-0.1, -0.05) is 25.4 Å². The third-order valence-electron chi connectivity index (χ3n) is 3.98. The van der Waals surface area contributed by atoms with Crippen molar-refractivity contribution in [2.45, 2.75) is 20.3 Å². The summed E-state index contributed by atoms with van der Waals surface area (Å²) in [7, 11) is 0. The molecule has 1 aromatic rings. The molecule has 0 aromatic heterocycles. The van der Waals surface area contributed by atoms with Crippen LogP contribution < -0.4 is 4.74 Å². The second-order valence-electron chi connectivity index (χ2n) is 6.17. The van der Waals surface area contributed by atoms with Crippen LogP contribution in [0, 0.1) is 5.92 Å². The van der Waals surface area contributed by atoms with Gasteiger partial charge in [-0.25, -0.2) is 0 Å². The van der Waals surface area contributed by atoms with E-state index in [9.17, 15) is 0 Å². The van der Waals surface area contributed by atoms with E-state index >= 15 is 0 Å². The lowest BCUT2D eigenvalue weighted by Crippen LogP contribution is -2.47. The van der Waals surface area contributed by atoms with Crippen molar-refractivity contribution in [2.75, 3.05) is 45.9 Å². The SMILES string of the molecule is CC(C)CCN1CCN(CCOc2ccc(Cl)cc2)CC1. The minimum Gasteiger partial charge on any atom is -0.492 e. The fraction of sp³-hybridized carbons (Fsp3) is 0.647.